The van der Waals surface area contributed by atoms with Crippen molar-refractivity contribution in [3.63, 3.8) is 0 Å². The highest BCUT2D eigenvalue weighted by molar-refractivity contribution is 7.89. The Bertz CT molecular complexity index is 1170. The van der Waals surface area contributed by atoms with Gasteiger partial charge in [-0.05, 0) is 36.4 Å². The lowest BCUT2D eigenvalue weighted by atomic mass is 10.1. The van der Waals surface area contributed by atoms with Gasteiger partial charge in [0.1, 0.15) is 0 Å². The summed E-state index contributed by atoms with van der Waals surface area (Å²) in [6.45, 7) is 7.07. The third-order valence-corrected chi connectivity index (χ3v) is 6.39. The molecule has 0 unspecified atom stereocenters. The molecule has 0 saturated heterocycles. The van der Waals surface area contributed by atoms with Crippen LogP contribution in [-0.4, -0.2) is 48.9 Å². The number of amides is 3. The number of carbonyl (C=O) groups excluding carboxylic acids is 3. The number of sulfonamides is 1. The van der Waals surface area contributed by atoms with Crippen molar-refractivity contribution < 1.29 is 22.8 Å². The van der Waals surface area contributed by atoms with Crippen molar-refractivity contribution >= 4 is 33.4 Å². The summed E-state index contributed by atoms with van der Waals surface area (Å²) < 4.78 is 26.2. The lowest BCUT2D eigenvalue weighted by molar-refractivity contribution is 0.0693. The molecule has 0 fully saturated rings. The third kappa shape index (κ3) is 3.50. The first kappa shape index (κ1) is 21.0. The number of fused-ring (bicyclic) bond motifs is 1. The predicted octanol–water partition coefficient (Wildman–Crippen LogP) is 2.48. The van der Waals surface area contributed by atoms with Crippen LogP contribution in [0.5, 0.6) is 0 Å². The first-order chi connectivity index (χ1) is 14.2. The van der Waals surface area contributed by atoms with E-state index in [0.29, 0.717) is 0 Å². The van der Waals surface area contributed by atoms with E-state index in [1.54, 1.807) is 6.07 Å². The van der Waals surface area contributed by atoms with Crippen LogP contribution < -0.4 is 5.32 Å². The van der Waals surface area contributed by atoms with Crippen LogP contribution in [0.1, 0.15) is 31.1 Å². The molecule has 0 bridgehead atoms. The van der Waals surface area contributed by atoms with E-state index >= 15 is 0 Å². The summed E-state index contributed by atoms with van der Waals surface area (Å²) in [4.78, 5) is 38.0. The van der Waals surface area contributed by atoms with Crippen molar-refractivity contribution in [2.24, 2.45) is 0 Å². The van der Waals surface area contributed by atoms with Gasteiger partial charge in [-0.25, -0.2) is 8.42 Å². The number of rotatable bonds is 7. The van der Waals surface area contributed by atoms with Gasteiger partial charge in [-0.3, -0.25) is 23.6 Å². The topological polar surface area (TPSA) is 104 Å². The first-order valence-electron chi connectivity index (χ1n) is 8.84. The molecule has 0 radical (unpaired) electrons. The Kier molecular flexibility index (Phi) is 5.57. The molecule has 2 aromatic carbocycles. The van der Waals surface area contributed by atoms with E-state index in [0.717, 1.165) is 9.21 Å². The second-order valence-corrected chi connectivity index (χ2v) is 8.31. The van der Waals surface area contributed by atoms with E-state index in [-0.39, 0.29) is 33.8 Å². The van der Waals surface area contributed by atoms with Crippen molar-refractivity contribution in [2.75, 3.05) is 18.9 Å². The monoisotopic (exact) mass is 425 g/mol. The van der Waals surface area contributed by atoms with Crippen molar-refractivity contribution in [1.82, 2.24) is 9.21 Å². The Labute approximate surface area is 174 Å². The maximum atomic E-state index is 12.6. The summed E-state index contributed by atoms with van der Waals surface area (Å²) in [7, 11) is -2.45. The average molecular weight is 425 g/mol. The number of nitrogens with one attached hydrogen (secondary N) is 1. The molecular weight excluding hydrogens is 406 g/mol. The second kappa shape index (κ2) is 7.96. The molecule has 1 aliphatic rings. The summed E-state index contributed by atoms with van der Waals surface area (Å²) in [6, 6.07) is 9.95. The SMILES string of the molecule is C=CCN(C=C)S(=O)(=O)c1ccc(C(=O)Nc2cccc3c2C(=O)N(C)C3=O)cc1. The zero-order valence-electron chi connectivity index (χ0n) is 16.2. The van der Waals surface area contributed by atoms with E-state index in [9.17, 15) is 22.8 Å². The van der Waals surface area contributed by atoms with E-state index in [1.807, 2.05) is 0 Å². The molecule has 154 valence electrons. The average Bonchev–Trinajstić information content (AvgIpc) is 2.96. The van der Waals surface area contributed by atoms with Crippen LogP contribution in [0, 0.1) is 0 Å². The van der Waals surface area contributed by atoms with Gasteiger partial charge in [0.05, 0.1) is 28.3 Å². The summed E-state index contributed by atoms with van der Waals surface area (Å²) in [5.41, 5.74) is 0.739. The van der Waals surface area contributed by atoms with Crippen LogP contribution >= 0.6 is 0 Å². The van der Waals surface area contributed by atoms with Crippen molar-refractivity contribution in [1.29, 1.82) is 0 Å². The molecular formula is C21H19N3O5S. The Balaban J connectivity index is 1.86. The maximum absolute atomic E-state index is 12.6. The molecule has 0 saturated carbocycles. The number of imide groups is 1. The third-order valence-electron chi connectivity index (χ3n) is 4.60. The molecule has 30 heavy (non-hydrogen) atoms. The highest BCUT2D eigenvalue weighted by Gasteiger charge is 2.35. The van der Waals surface area contributed by atoms with Crippen molar-refractivity contribution in [3.8, 4) is 0 Å². The van der Waals surface area contributed by atoms with E-state index in [2.05, 4.69) is 18.5 Å². The zero-order chi connectivity index (χ0) is 22.1. The zero-order valence-corrected chi connectivity index (χ0v) is 17.0. The van der Waals surface area contributed by atoms with Crippen LogP contribution in [-0.2, 0) is 10.0 Å². The number of benzene rings is 2. The summed E-state index contributed by atoms with van der Waals surface area (Å²) in [5, 5.41) is 2.61. The molecule has 0 atom stereocenters. The van der Waals surface area contributed by atoms with Gasteiger partial charge in [0, 0.05) is 18.8 Å². The molecule has 1 aliphatic heterocycles. The van der Waals surface area contributed by atoms with Crippen LogP contribution in [0.3, 0.4) is 0 Å². The van der Waals surface area contributed by atoms with Gasteiger partial charge in [-0.15, -0.1) is 6.58 Å². The number of hydrogen-bond acceptors (Lipinski definition) is 5. The number of carbonyl (C=O) groups is 3. The van der Waals surface area contributed by atoms with Gasteiger partial charge >= 0.3 is 0 Å². The van der Waals surface area contributed by atoms with Gasteiger partial charge in [-0.2, -0.15) is 0 Å². The van der Waals surface area contributed by atoms with Gasteiger partial charge in [-0.1, -0.05) is 18.7 Å². The lowest BCUT2D eigenvalue weighted by Gasteiger charge is -2.18. The fraction of sp³-hybridized carbons (Fsp3) is 0.0952. The molecule has 3 amide bonds. The second-order valence-electron chi connectivity index (χ2n) is 6.42. The predicted molar refractivity (Wildman–Crippen MR) is 112 cm³/mol. The molecule has 0 spiro atoms. The minimum atomic E-state index is -3.82. The highest BCUT2D eigenvalue weighted by atomic mass is 32.2. The Morgan fingerprint density at radius 3 is 2.37 bits per heavy atom. The fourth-order valence-corrected chi connectivity index (χ4v) is 4.26. The molecule has 0 aromatic heterocycles. The molecule has 9 heteroatoms. The van der Waals surface area contributed by atoms with E-state index < -0.39 is 27.7 Å². The molecule has 8 nitrogen and oxygen atoms in total. The Morgan fingerprint density at radius 1 is 1.10 bits per heavy atom. The molecule has 1 heterocycles. The van der Waals surface area contributed by atoms with Gasteiger partial charge < -0.3 is 5.32 Å². The molecule has 2 aromatic rings. The van der Waals surface area contributed by atoms with E-state index in [4.69, 9.17) is 0 Å². The number of anilines is 1. The molecule has 1 N–H and O–H groups in total. The quantitative estimate of drug-likeness (QED) is 0.542. The summed E-state index contributed by atoms with van der Waals surface area (Å²) >= 11 is 0. The van der Waals surface area contributed by atoms with Crippen molar-refractivity contribution in [2.45, 2.75) is 4.90 Å². The summed E-state index contributed by atoms with van der Waals surface area (Å²) in [5.74, 6) is -1.49. The Morgan fingerprint density at radius 2 is 1.77 bits per heavy atom. The standard InChI is InChI=1S/C21H19N3O5S/c1-4-13-24(5-2)30(28,29)15-11-9-14(10-12-15)19(25)22-17-8-6-7-16-18(17)21(27)23(3)20(16)26/h4-12H,1-2,13H2,3H3,(H,22,25). The van der Waals surface area contributed by atoms with Crippen LogP contribution in [0.2, 0.25) is 0 Å². The van der Waals surface area contributed by atoms with Crippen LogP contribution in [0.4, 0.5) is 5.69 Å². The maximum Gasteiger partial charge on any atom is 0.264 e. The largest absolute Gasteiger partial charge is 0.321 e. The minimum absolute atomic E-state index is 0.0104. The highest BCUT2D eigenvalue weighted by Crippen LogP contribution is 2.29. The van der Waals surface area contributed by atoms with Crippen LogP contribution in [0.15, 0.2) is 72.8 Å². The fourth-order valence-electron chi connectivity index (χ4n) is 3.01. The number of nitrogens with zero attached hydrogens (tertiary/aromatic N) is 2. The van der Waals surface area contributed by atoms with Gasteiger partial charge in [0.25, 0.3) is 27.7 Å². The van der Waals surface area contributed by atoms with E-state index in [1.165, 1.54) is 55.7 Å². The smallest absolute Gasteiger partial charge is 0.264 e. The number of hydrogen-bond donors (Lipinski definition) is 1. The lowest BCUT2D eigenvalue weighted by Crippen LogP contribution is -2.26. The van der Waals surface area contributed by atoms with Gasteiger partial charge in [0.2, 0.25) is 0 Å². The first-order valence-corrected chi connectivity index (χ1v) is 10.3. The molecule has 0 aliphatic carbocycles. The van der Waals surface area contributed by atoms with Gasteiger partial charge in [0.15, 0.2) is 0 Å². The summed E-state index contributed by atoms with van der Waals surface area (Å²) in [6.07, 6.45) is 2.62. The van der Waals surface area contributed by atoms with Crippen LogP contribution in [0.25, 0.3) is 0 Å². The molecule has 3 rings (SSSR count). The normalized spacial score (nSPS) is 13.0. The minimum Gasteiger partial charge on any atom is -0.321 e. The Hall–Kier alpha value is -3.72. The van der Waals surface area contributed by atoms with Crippen molar-refractivity contribution in [3.05, 3.63) is 84.6 Å².